The predicted molar refractivity (Wildman–Crippen MR) is 307 cm³/mol. The molecule has 0 unspecified atom stereocenters. The van der Waals surface area contributed by atoms with Gasteiger partial charge in [-0.15, -0.1) is 22.7 Å². The van der Waals surface area contributed by atoms with Crippen LogP contribution in [0, 0.1) is 0 Å². The van der Waals surface area contributed by atoms with Gasteiger partial charge in [0.15, 0.2) is 0 Å². The average molecular weight is 921 g/mol. The van der Waals surface area contributed by atoms with Crippen molar-refractivity contribution in [3.8, 4) is 55.6 Å². The third-order valence-electron chi connectivity index (χ3n) is 14.8. The normalized spacial score (nSPS) is 12.0. The molecule has 70 heavy (non-hydrogen) atoms. The Morgan fingerprint density at radius 1 is 0.214 bits per heavy atom. The number of fused-ring (bicyclic) bond motifs is 13. The molecule has 0 saturated carbocycles. The Kier molecular flexibility index (Phi) is 8.80. The first-order valence-electron chi connectivity index (χ1n) is 24.1. The van der Waals surface area contributed by atoms with Crippen molar-refractivity contribution < 1.29 is 0 Å². The lowest BCUT2D eigenvalue weighted by molar-refractivity contribution is 1.66. The van der Waals surface area contributed by atoms with E-state index in [-0.39, 0.29) is 0 Å². The maximum absolute atomic E-state index is 2.57. The average Bonchev–Trinajstić information content (AvgIpc) is 4.02. The van der Waals surface area contributed by atoms with Crippen molar-refractivity contribution in [2.45, 2.75) is 0 Å². The van der Waals surface area contributed by atoms with Gasteiger partial charge in [0.25, 0.3) is 0 Å². The van der Waals surface area contributed by atoms with Gasteiger partial charge >= 0.3 is 0 Å². The van der Waals surface area contributed by atoms with Crippen LogP contribution in [-0.4, -0.2) is 0 Å². The minimum absolute atomic E-state index is 1.23. The highest BCUT2D eigenvalue weighted by Gasteiger charge is 2.26. The second-order valence-corrected chi connectivity index (χ2v) is 20.7. The molecule has 0 amide bonds. The van der Waals surface area contributed by atoms with E-state index in [1.807, 2.05) is 22.7 Å². The van der Waals surface area contributed by atoms with Crippen molar-refractivity contribution in [1.82, 2.24) is 0 Å². The van der Waals surface area contributed by atoms with Crippen LogP contribution in [0.3, 0.4) is 0 Å². The Morgan fingerprint density at radius 3 is 1.00 bits per heavy atom. The molecular weight excluding hydrogens is 881 g/mol. The molecule has 0 aliphatic carbocycles. The summed E-state index contributed by atoms with van der Waals surface area (Å²) in [5.41, 5.74) is 12.6. The van der Waals surface area contributed by atoms with Crippen LogP contribution in [0.15, 0.2) is 243 Å². The van der Waals surface area contributed by atoms with Crippen LogP contribution in [-0.2, 0) is 0 Å². The molecule has 0 spiro atoms. The van der Waals surface area contributed by atoms with E-state index in [0.29, 0.717) is 0 Å². The van der Waals surface area contributed by atoms with E-state index in [9.17, 15) is 0 Å². The summed E-state index contributed by atoms with van der Waals surface area (Å²) in [6.45, 7) is 0. The Balaban J connectivity index is 1.16. The monoisotopic (exact) mass is 920 g/mol. The fourth-order valence-corrected chi connectivity index (χ4v) is 14.4. The van der Waals surface area contributed by atoms with Crippen molar-refractivity contribution in [3.63, 3.8) is 0 Å². The molecular formula is C68H40S2. The molecule has 2 aromatic heterocycles. The molecule has 0 nitrogen and oxygen atoms in total. The molecule has 2 heterocycles. The van der Waals surface area contributed by atoms with Crippen molar-refractivity contribution in [1.29, 1.82) is 0 Å². The van der Waals surface area contributed by atoms with Crippen molar-refractivity contribution in [3.05, 3.63) is 243 Å². The molecule has 15 aromatic rings. The van der Waals surface area contributed by atoms with Gasteiger partial charge in [-0.05, 0) is 123 Å². The van der Waals surface area contributed by atoms with E-state index >= 15 is 0 Å². The standard InChI is InChI=1S/C68H40S2/c1-4-20-41(21-5-1)44-36-37-59-55(38-44)66-62-45(40-57(68(66)70-59)64-52-32-16-12-28-48(52)61(43-24-8-3-9-25-43)49-29-13-17-33-53(49)64)39-56(67-65(62)54-34-18-19-35-58(54)69-67)63-50-30-14-10-26-46(50)60(42-22-6-2-7-23-42)47-27-11-15-31-51(47)63/h1-40H. The van der Waals surface area contributed by atoms with Crippen molar-refractivity contribution in [2.75, 3.05) is 0 Å². The molecule has 0 saturated heterocycles. The van der Waals surface area contributed by atoms with E-state index < -0.39 is 0 Å². The van der Waals surface area contributed by atoms with Crippen LogP contribution in [0.2, 0.25) is 0 Å². The molecule has 0 N–H and O–H groups in total. The highest BCUT2D eigenvalue weighted by molar-refractivity contribution is 7.27. The Morgan fingerprint density at radius 2 is 0.557 bits per heavy atom. The van der Waals surface area contributed by atoms with Gasteiger partial charge in [0, 0.05) is 56.9 Å². The van der Waals surface area contributed by atoms with Gasteiger partial charge in [-0.2, -0.15) is 0 Å². The zero-order valence-electron chi connectivity index (χ0n) is 37.9. The summed E-state index contributed by atoms with van der Waals surface area (Å²) < 4.78 is 5.24. The molecule has 13 aromatic carbocycles. The van der Waals surface area contributed by atoms with Crippen LogP contribution in [0.25, 0.3) is 150 Å². The van der Waals surface area contributed by atoms with E-state index in [1.165, 1.54) is 150 Å². The summed E-state index contributed by atoms with van der Waals surface area (Å²) in [5.74, 6) is 0. The smallest absolute Gasteiger partial charge is 0.0440 e. The summed E-state index contributed by atoms with van der Waals surface area (Å²) >= 11 is 3.88. The molecule has 0 radical (unpaired) electrons. The highest BCUT2D eigenvalue weighted by atomic mass is 32.1. The van der Waals surface area contributed by atoms with Crippen molar-refractivity contribution in [2.24, 2.45) is 0 Å². The molecule has 0 aliphatic heterocycles. The third kappa shape index (κ3) is 5.82. The minimum atomic E-state index is 1.23. The number of hydrogen-bond acceptors (Lipinski definition) is 2. The highest BCUT2D eigenvalue weighted by Crippen LogP contribution is 2.55. The van der Waals surface area contributed by atoms with Gasteiger partial charge in [-0.1, -0.05) is 212 Å². The second kappa shape index (κ2) is 15.6. The lowest BCUT2D eigenvalue weighted by atomic mass is 9.83. The SMILES string of the molecule is c1ccc(-c2ccc3sc4c(-c5c6ccccc6c(-c6ccccc6)c6ccccc56)cc5cc(-c6c7ccccc7c(-c7ccccc7)c7ccccc67)c6sc7ccccc7c6c5c4c3c2)cc1. The summed E-state index contributed by atoms with van der Waals surface area (Å²) in [4.78, 5) is 0. The van der Waals surface area contributed by atoms with Gasteiger partial charge in [-0.25, -0.2) is 0 Å². The summed E-state index contributed by atoms with van der Waals surface area (Å²) in [6.07, 6.45) is 0. The van der Waals surface area contributed by atoms with Gasteiger partial charge in [0.2, 0.25) is 0 Å². The summed E-state index contributed by atoms with van der Waals surface area (Å²) in [5, 5.41) is 18.0. The zero-order valence-corrected chi connectivity index (χ0v) is 39.5. The fourth-order valence-electron chi connectivity index (χ4n) is 11.9. The first-order chi connectivity index (χ1) is 34.8. The minimum Gasteiger partial charge on any atom is -0.135 e. The number of thiophene rings is 2. The molecule has 0 atom stereocenters. The fraction of sp³-hybridized carbons (Fsp3) is 0. The number of rotatable bonds is 5. The molecule has 2 heteroatoms. The van der Waals surface area contributed by atoms with E-state index in [2.05, 4.69) is 243 Å². The molecule has 324 valence electrons. The topological polar surface area (TPSA) is 0 Å². The lowest BCUT2D eigenvalue weighted by Gasteiger charge is -2.20. The van der Waals surface area contributed by atoms with Gasteiger partial charge < -0.3 is 0 Å². The first-order valence-corrected chi connectivity index (χ1v) is 25.7. The Bertz CT molecular complexity index is 4500. The number of benzene rings is 13. The maximum atomic E-state index is 2.57. The van der Waals surface area contributed by atoms with Gasteiger partial charge in [0.1, 0.15) is 0 Å². The molecule has 15 rings (SSSR count). The summed E-state index contributed by atoms with van der Waals surface area (Å²) in [6, 6.07) is 90.6. The quantitative estimate of drug-likeness (QED) is 0.151. The van der Waals surface area contributed by atoms with Crippen LogP contribution in [0.5, 0.6) is 0 Å². The number of hydrogen-bond donors (Lipinski definition) is 0. The van der Waals surface area contributed by atoms with Crippen LogP contribution < -0.4 is 0 Å². The van der Waals surface area contributed by atoms with E-state index in [0.717, 1.165) is 0 Å². The molecule has 0 bridgehead atoms. The largest absolute Gasteiger partial charge is 0.135 e. The first kappa shape index (κ1) is 39.6. The van der Waals surface area contributed by atoms with E-state index in [4.69, 9.17) is 0 Å². The zero-order chi connectivity index (χ0) is 45.9. The van der Waals surface area contributed by atoms with Gasteiger partial charge in [0.05, 0.1) is 0 Å². The van der Waals surface area contributed by atoms with Crippen LogP contribution in [0.1, 0.15) is 0 Å². The van der Waals surface area contributed by atoms with Crippen LogP contribution >= 0.6 is 22.7 Å². The predicted octanol–water partition coefficient (Wildman–Crippen LogP) is 20.5. The molecule has 0 aliphatic rings. The van der Waals surface area contributed by atoms with Crippen molar-refractivity contribution >= 4 is 117 Å². The second-order valence-electron chi connectivity index (χ2n) is 18.5. The van der Waals surface area contributed by atoms with E-state index in [1.54, 1.807) is 0 Å². The lowest BCUT2D eigenvalue weighted by Crippen LogP contribution is -1.93. The Hall–Kier alpha value is -8.40. The Labute approximate surface area is 412 Å². The third-order valence-corrected chi connectivity index (χ3v) is 17.2. The maximum Gasteiger partial charge on any atom is 0.0440 e. The van der Waals surface area contributed by atoms with Gasteiger partial charge in [-0.3, -0.25) is 0 Å². The van der Waals surface area contributed by atoms with Crippen LogP contribution in [0.4, 0.5) is 0 Å². The summed E-state index contributed by atoms with van der Waals surface area (Å²) in [7, 11) is 0. The molecule has 0 fully saturated rings.